The maximum absolute atomic E-state index is 12.9. The van der Waals surface area contributed by atoms with Crippen LogP contribution in [0.2, 0.25) is 0 Å². The molecule has 30 heavy (non-hydrogen) atoms. The Kier molecular flexibility index (Phi) is 10.2. The number of carbonyl (C=O) groups is 1. The van der Waals surface area contributed by atoms with Gasteiger partial charge in [0.15, 0.2) is 0 Å². The molecule has 1 fully saturated rings. The molecule has 0 bridgehead atoms. The molecule has 1 aromatic heterocycles. The first-order valence-electron chi connectivity index (χ1n) is 11.7. The average Bonchev–Trinajstić information content (AvgIpc) is 3.20. The van der Waals surface area contributed by atoms with E-state index >= 15 is 0 Å². The lowest BCUT2D eigenvalue weighted by atomic mass is 9.95. The summed E-state index contributed by atoms with van der Waals surface area (Å²) in [5.41, 5.74) is 1.46. The third kappa shape index (κ3) is 7.64. The van der Waals surface area contributed by atoms with Gasteiger partial charge >= 0.3 is 0 Å². The summed E-state index contributed by atoms with van der Waals surface area (Å²) in [5.74, 6) is 3.95. The molecule has 4 nitrogen and oxygen atoms in total. The van der Waals surface area contributed by atoms with Crippen LogP contribution in [0.3, 0.4) is 0 Å². The van der Waals surface area contributed by atoms with E-state index in [1.165, 1.54) is 25.7 Å². The Bertz CT molecular complexity index is 704. The third-order valence-electron chi connectivity index (χ3n) is 6.02. The van der Waals surface area contributed by atoms with Crippen LogP contribution in [0.5, 0.6) is 0 Å². The molecule has 1 amide bonds. The van der Waals surface area contributed by atoms with Gasteiger partial charge in [0, 0.05) is 18.8 Å². The van der Waals surface area contributed by atoms with Gasteiger partial charge in [0.2, 0.25) is 0 Å². The summed E-state index contributed by atoms with van der Waals surface area (Å²) >= 11 is 1.64. The zero-order valence-corrected chi connectivity index (χ0v) is 20.5. The Morgan fingerprint density at radius 3 is 2.67 bits per heavy atom. The van der Waals surface area contributed by atoms with Gasteiger partial charge in [0.25, 0.3) is 5.91 Å². The van der Waals surface area contributed by atoms with Crippen molar-refractivity contribution in [1.82, 2.24) is 10.3 Å². The highest BCUT2D eigenvalue weighted by atomic mass is 32.2. The number of nitrogens with one attached hydrogen (secondary N) is 1. The fourth-order valence-corrected chi connectivity index (χ4v) is 4.62. The number of allylic oxidation sites excluding steroid dienone is 1. The van der Waals surface area contributed by atoms with E-state index in [9.17, 15) is 4.79 Å². The van der Waals surface area contributed by atoms with Gasteiger partial charge in [-0.05, 0) is 54.9 Å². The average molecular weight is 432 g/mol. The van der Waals surface area contributed by atoms with Crippen LogP contribution in [0.25, 0.3) is 0 Å². The van der Waals surface area contributed by atoms with Gasteiger partial charge in [0.05, 0.1) is 5.56 Å². The molecule has 0 aromatic carbocycles. The lowest BCUT2D eigenvalue weighted by Gasteiger charge is -2.19. The van der Waals surface area contributed by atoms with E-state index in [1.54, 1.807) is 11.8 Å². The van der Waals surface area contributed by atoms with E-state index in [-0.39, 0.29) is 5.91 Å². The standard InChI is InChI=1S/C25H41N3OS/c1-7-21-15-16-28(17-21)23-14-13-22(25(27-23)30-8-2)24(29)26-20(6)12-11-19(5)10-9-18(3)4/h13-14,18-19,21H,6-12,15-17H2,1-5H3,(H,26,29)/t19?,21-/m0/s1. The van der Waals surface area contributed by atoms with Crippen molar-refractivity contribution in [2.75, 3.05) is 23.7 Å². The van der Waals surface area contributed by atoms with Gasteiger partial charge in [0.1, 0.15) is 10.8 Å². The quantitative estimate of drug-likeness (QED) is 0.382. The van der Waals surface area contributed by atoms with Crippen molar-refractivity contribution in [2.24, 2.45) is 17.8 Å². The molecule has 2 atom stereocenters. The van der Waals surface area contributed by atoms with Crippen molar-refractivity contribution in [2.45, 2.75) is 78.2 Å². The van der Waals surface area contributed by atoms with Crippen LogP contribution >= 0.6 is 11.8 Å². The van der Waals surface area contributed by atoms with Crippen molar-refractivity contribution < 1.29 is 4.79 Å². The number of pyridine rings is 1. The number of carbonyl (C=O) groups excluding carboxylic acids is 1. The summed E-state index contributed by atoms with van der Waals surface area (Å²) in [6, 6.07) is 3.94. The van der Waals surface area contributed by atoms with E-state index in [4.69, 9.17) is 4.98 Å². The topological polar surface area (TPSA) is 45.2 Å². The van der Waals surface area contributed by atoms with Crippen LogP contribution in [-0.4, -0.2) is 29.7 Å². The molecule has 1 aliphatic rings. The predicted octanol–water partition coefficient (Wildman–Crippen LogP) is 6.53. The van der Waals surface area contributed by atoms with Gasteiger partial charge in [-0.15, -0.1) is 11.8 Å². The number of nitrogens with zero attached hydrogens (tertiary/aromatic N) is 2. The fraction of sp³-hybridized carbons (Fsp3) is 0.680. The van der Waals surface area contributed by atoms with Gasteiger partial charge in [-0.25, -0.2) is 4.98 Å². The summed E-state index contributed by atoms with van der Waals surface area (Å²) in [6.07, 6.45) is 6.83. The largest absolute Gasteiger partial charge is 0.356 e. The van der Waals surface area contributed by atoms with Gasteiger partial charge in [-0.2, -0.15) is 0 Å². The smallest absolute Gasteiger partial charge is 0.258 e. The SMILES string of the molecule is C=C(CCC(C)CCC(C)C)NC(=O)c1ccc(N2CC[C@H](CC)C2)nc1SCC. The number of aromatic nitrogens is 1. The first-order valence-corrected chi connectivity index (χ1v) is 12.7. The minimum Gasteiger partial charge on any atom is -0.356 e. The molecule has 5 heteroatoms. The first kappa shape index (κ1) is 24.8. The summed E-state index contributed by atoms with van der Waals surface area (Å²) in [5, 5.41) is 3.84. The fourth-order valence-electron chi connectivity index (χ4n) is 3.87. The van der Waals surface area contributed by atoms with Crippen LogP contribution < -0.4 is 10.2 Å². The molecule has 0 saturated carbocycles. The molecule has 0 radical (unpaired) electrons. The lowest BCUT2D eigenvalue weighted by Crippen LogP contribution is -2.25. The van der Waals surface area contributed by atoms with Gasteiger partial charge in [-0.1, -0.05) is 60.5 Å². The molecule has 1 aromatic rings. The third-order valence-corrected chi connectivity index (χ3v) is 6.90. The van der Waals surface area contributed by atoms with E-state index in [2.05, 4.69) is 51.4 Å². The van der Waals surface area contributed by atoms with Crippen LogP contribution in [-0.2, 0) is 0 Å². The molecule has 168 valence electrons. The predicted molar refractivity (Wildman–Crippen MR) is 130 cm³/mol. The van der Waals surface area contributed by atoms with Crippen LogP contribution in [0.4, 0.5) is 5.82 Å². The van der Waals surface area contributed by atoms with Crippen molar-refractivity contribution in [3.05, 3.63) is 30.0 Å². The Balaban J connectivity index is 1.96. The zero-order valence-electron chi connectivity index (χ0n) is 19.7. The lowest BCUT2D eigenvalue weighted by molar-refractivity contribution is 0.0961. The minimum atomic E-state index is -0.0855. The van der Waals surface area contributed by atoms with Crippen LogP contribution in [0.1, 0.15) is 83.5 Å². The van der Waals surface area contributed by atoms with Crippen molar-refractivity contribution >= 4 is 23.5 Å². The second-order valence-corrected chi connectivity index (χ2v) is 10.4. The highest BCUT2D eigenvalue weighted by molar-refractivity contribution is 7.99. The Hall–Kier alpha value is -1.49. The highest BCUT2D eigenvalue weighted by Crippen LogP contribution is 2.28. The zero-order chi connectivity index (χ0) is 22.1. The van der Waals surface area contributed by atoms with Crippen molar-refractivity contribution in [3.8, 4) is 0 Å². The molecule has 1 N–H and O–H groups in total. The molecule has 2 heterocycles. The van der Waals surface area contributed by atoms with Crippen LogP contribution in [0.15, 0.2) is 29.4 Å². The normalized spacial score (nSPS) is 17.4. The molecular weight excluding hydrogens is 390 g/mol. The molecule has 2 rings (SSSR count). The number of hydrogen-bond acceptors (Lipinski definition) is 4. The molecular formula is C25H41N3OS. The molecule has 1 aliphatic heterocycles. The number of thioether (sulfide) groups is 1. The van der Waals surface area contributed by atoms with Gasteiger partial charge < -0.3 is 10.2 Å². The Morgan fingerprint density at radius 2 is 2.03 bits per heavy atom. The Morgan fingerprint density at radius 1 is 1.27 bits per heavy atom. The molecule has 0 aliphatic carbocycles. The first-order chi connectivity index (χ1) is 14.3. The molecule has 0 spiro atoms. The molecule has 1 unspecified atom stereocenters. The number of hydrogen-bond donors (Lipinski definition) is 1. The maximum Gasteiger partial charge on any atom is 0.258 e. The molecule has 1 saturated heterocycles. The van der Waals surface area contributed by atoms with Gasteiger partial charge in [-0.3, -0.25) is 4.79 Å². The van der Waals surface area contributed by atoms with E-state index in [0.29, 0.717) is 11.5 Å². The summed E-state index contributed by atoms with van der Waals surface area (Å²) in [6.45, 7) is 17.4. The van der Waals surface area contributed by atoms with Crippen molar-refractivity contribution in [3.63, 3.8) is 0 Å². The maximum atomic E-state index is 12.9. The number of anilines is 1. The minimum absolute atomic E-state index is 0.0855. The number of rotatable bonds is 12. The Labute approximate surface area is 188 Å². The summed E-state index contributed by atoms with van der Waals surface area (Å²) in [7, 11) is 0. The monoisotopic (exact) mass is 431 g/mol. The highest BCUT2D eigenvalue weighted by Gasteiger charge is 2.23. The van der Waals surface area contributed by atoms with Crippen molar-refractivity contribution in [1.29, 1.82) is 0 Å². The van der Waals surface area contributed by atoms with E-state index in [0.717, 1.165) is 60.1 Å². The van der Waals surface area contributed by atoms with E-state index < -0.39 is 0 Å². The number of amides is 1. The van der Waals surface area contributed by atoms with Crippen LogP contribution in [0, 0.1) is 17.8 Å². The summed E-state index contributed by atoms with van der Waals surface area (Å²) in [4.78, 5) is 20.1. The van der Waals surface area contributed by atoms with E-state index in [1.807, 2.05) is 12.1 Å². The summed E-state index contributed by atoms with van der Waals surface area (Å²) < 4.78 is 0. The second kappa shape index (κ2) is 12.4. The second-order valence-electron chi connectivity index (χ2n) is 9.14.